The fourth-order valence-electron chi connectivity index (χ4n) is 3.67. The zero-order valence-electron chi connectivity index (χ0n) is 17.1. The summed E-state index contributed by atoms with van der Waals surface area (Å²) < 4.78 is 0. The van der Waals surface area contributed by atoms with Gasteiger partial charge in [0.1, 0.15) is 0 Å². The van der Waals surface area contributed by atoms with Gasteiger partial charge in [-0.3, -0.25) is 9.59 Å². The van der Waals surface area contributed by atoms with E-state index in [1.54, 1.807) is 12.1 Å². The summed E-state index contributed by atoms with van der Waals surface area (Å²) in [5.41, 5.74) is 5.87. The molecular formula is C26H20N4O2. The largest absolute Gasteiger partial charge is 0.362 e. The van der Waals surface area contributed by atoms with Crippen molar-refractivity contribution < 1.29 is 9.59 Å². The summed E-state index contributed by atoms with van der Waals surface area (Å²) in [7, 11) is 0. The van der Waals surface area contributed by atoms with Crippen LogP contribution >= 0.6 is 0 Å². The molecule has 0 fully saturated rings. The molecule has 1 aromatic heterocycles. The zero-order valence-corrected chi connectivity index (χ0v) is 17.1. The van der Waals surface area contributed by atoms with Gasteiger partial charge in [0.15, 0.2) is 0 Å². The molecule has 3 aromatic carbocycles. The van der Waals surface area contributed by atoms with Gasteiger partial charge in [0.05, 0.1) is 16.9 Å². The van der Waals surface area contributed by atoms with Crippen molar-refractivity contribution in [3.05, 3.63) is 108 Å². The Morgan fingerprint density at radius 2 is 1.66 bits per heavy atom. The first-order chi connectivity index (χ1) is 15.7. The molecule has 2 amide bonds. The number of nitrogens with one attached hydrogen (secondary N) is 4. The highest BCUT2D eigenvalue weighted by atomic mass is 16.2. The Bertz CT molecular complexity index is 1330. The molecule has 0 unspecified atom stereocenters. The minimum atomic E-state index is -0.172. The van der Waals surface area contributed by atoms with Gasteiger partial charge in [-0.2, -0.15) is 0 Å². The van der Waals surface area contributed by atoms with Crippen LogP contribution in [0.4, 0.5) is 22.7 Å². The van der Waals surface area contributed by atoms with Crippen molar-refractivity contribution >= 4 is 46.2 Å². The van der Waals surface area contributed by atoms with Crippen LogP contribution in [0.1, 0.15) is 21.6 Å². The summed E-state index contributed by atoms with van der Waals surface area (Å²) in [6.07, 6.45) is 3.66. The van der Waals surface area contributed by atoms with E-state index in [4.69, 9.17) is 0 Å². The summed E-state index contributed by atoms with van der Waals surface area (Å²) in [5.74, 6) is -0.317. The fraction of sp³-hybridized carbons (Fsp3) is 0. The van der Waals surface area contributed by atoms with Gasteiger partial charge in [0.25, 0.3) is 11.8 Å². The van der Waals surface area contributed by atoms with Gasteiger partial charge in [0.2, 0.25) is 0 Å². The lowest BCUT2D eigenvalue weighted by Crippen LogP contribution is -2.11. The Hall–Kier alpha value is -4.58. The van der Waals surface area contributed by atoms with Crippen molar-refractivity contribution in [2.75, 3.05) is 16.0 Å². The van der Waals surface area contributed by atoms with Crippen LogP contribution in [0.3, 0.4) is 0 Å². The number of rotatable bonds is 5. The third-order valence-electron chi connectivity index (χ3n) is 5.20. The number of anilines is 4. The standard InChI is InChI=1S/C26H20N4O2/c31-25(17-7-2-1-3-8-17)29-20-10-4-9-19(15-20)28-23-13-5-12-21-22(26(32)30-24(21)23)16-18-11-6-14-27-18/h1-16,27-28H,(H,29,31)(H,30,32)/b22-16-. The van der Waals surface area contributed by atoms with Crippen LogP contribution in [0.2, 0.25) is 0 Å². The average molecular weight is 420 g/mol. The predicted octanol–water partition coefficient (Wildman–Crippen LogP) is 5.50. The second-order valence-electron chi connectivity index (χ2n) is 7.39. The van der Waals surface area contributed by atoms with Crippen molar-refractivity contribution in [3.63, 3.8) is 0 Å². The number of benzene rings is 3. The molecule has 1 aliphatic rings. The first kappa shape index (κ1) is 19.4. The van der Waals surface area contributed by atoms with E-state index in [1.807, 2.05) is 85.1 Å². The Morgan fingerprint density at radius 1 is 0.844 bits per heavy atom. The topological polar surface area (TPSA) is 86.0 Å². The average Bonchev–Trinajstić information content (AvgIpc) is 3.44. The number of aromatic nitrogens is 1. The number of hydrogen-bond donors (Lipinski definition) is 4. The molecular weight excluding hydrogens is 400 g/mol. The Kier molecular flexibility index (Phi) is 5.01. The van der Waals surface area contributed by atoms with Gasteiger partial charge in [0, 0.05) is 34.4 Å². The molecule has 0 atom stereocenters. The number of carbonyl (C=O) groups excluding carboxylic acids is 2. The predicted molar refractivity (Wildman–Crippen MR) is 128 cm³/mol. The van der Waals surface area contributed by atoms with Gasteiger partial charge in [-0.05, 0) is 54.6 Å². The fourth-order valence-corrected chi connectivity index (χ4v) is 3.67. The van der Waals surface area contributed by atoms with Crippen molar-refractivity contribution in [2.24, 2.45) is 0 Å². The van der Waals surface area contributed by atoms with E-state index in [2.05, 4.69) is 20.9 Å². The van der Waals surface area contributed by atoms with Crippen molar-refractivity contribution in [1.29, 1.82) is 0 Å². The first-order valence-electron chi connectivity index (χ1n) is 10.2. The van der Waals surface area contributed by atoms with Gasteiger partial charge < -0.3 is 20.9 Å². The van der Waals surface area contributed by atoms with Crippen LogP contribution in [0.25, 0.3) is 11.6 Å². The third kappa shape index (κ3) is 3.89. The molecule has 6 heteroatoms. The highest BCUT2D eigenvalue weighted by Crippen LogP contribution is 2.39. The van der Waals surface area contributed by atoms with E-state index >= 15 is 0 Å². The van der Waals surface area contributed by atoms with Crippen molar-refractivity contribution in [2.45, 2.75) is 0 Å². The highest BCUT2D eigenvalue weighted by Gasteiger charge is 2.26. The number of amides is 2. The number of fused-ring (bicyclic) bond motifs is 1. The van der Waals surface area contributed by atoms with Crippen LogP contribution in [-0.4, -0.2) is 16.8 Å². The summed E-state index contributed by atoms with van der Waals surface area (Å²) in [4.78, 5) is 28.2. The molecule has 4 N–H and O–H groups in total. The molecule has 0 bridgehead atoms. The maximum Gasteiger partial charge on any atom is 0.256 e. The monoisotopic (exact) mass is 420 g/mol. The molecule has 0 saturated carbocycles. The molecule has 156 valence electrons. The summed E-state index contributed by atoms with van der Waals surface area (Å²) in [5, 5.41) is 9.23. The molecule has 6 nitrogen and oxygen atoms in total. The molecule has 0 aliphatic carbocycles. The molecule has 32 heavy (non-hydrogen) atoms. The normalized spacial score (nSPS) is 13.5. The van der Waals surface area contributed by atoms with Crippen LogP contribution in [-0.2, 0) is 4.79 Å². The smallest absolute Gasteiger partial charge is 0.256 e. The van der Waals surface area contributed by atoms with E-state index in [9.17, 15) is 9.59 Å². The van der Waals surface area contributed by atoms with E-state index in [1.165, 1.54) is 0 Å². The maximum atomic E-state index is 12.6. The van der Waals surface area contributed by atoms with Crippen LogP contribution in [0.5, 0.6) is 0 Å². The lowest BCUT2D eigenvalue weighted by Gasteiger charge is -2.12. The van der Waals surface area contributed by atoms with Crippen molar-refractivity contribution in [1.82, 2.24) is 4.98 Å². The second kappa shape index (κ2) is 8.28. The molecule has 0 saturated heterocycles. The van der Waals surface area contributed by atoms with E-state index in [0.29, 0.717) is 16.8 Å². The SMILES string of the molecule is O=C1Nc2c(Nc3cccc(NC(=O)c4ccccc4)c3)cccc2/C1=C/c1ccc[nH]1. The Labute approximate surface area is 185 Å². The molecule has 1 aliphatic heterocycles. The van der Waals surface area contributed by atoms with E-state index < -0.39 is 0 Å². The van der Waals surface area contributed by atoms with Crippen LogP contribution in [0, 0.1) is 0 Å². The molecule has 4 aromatic rings. The van der Waals surface area contributed by atoms with Gasteiger partial charge in [-0.25, -0.2) is 0 Å². The Balaban J connectivity index is 1.39. The Morgan fingerprint density at radius 3 is 2.47 bits per heavy atom. The number of aromatic amines is 1. The zero-order chi connectivity index (χ0) is 21.9. The van der Waals surface area contributed by atoms with Gasteiger partial charge >= 0.3 is 0 Å². The molecule has 0 radical (unpaired) electrons. The lowest BCUT2D eigenvalue weighted by molar-refractivity contribution is -0.110. The minimum absolute atomic E-state index is 0.146. The molecule has 5 rings (SSSR count). The minimum Gasteiger partial charge on any atom is -0.362 e. The first-order valence-corrected chi connectivity index (χ1v) is 10.2. The van der Waals surface area contributed by atoms with Crippen LogP contribution in [0.15, 0.2) is 91.1 Å². The highest BCUT2D eigenvalue weighted by molar-refractivity contribution is 6.36. The summed E-state index contributed by atoms with van der Waals surface area (Å²) >= 11 is 0. The van der Waals surface area contributed by atoms with E-state index in [-0.39, 0.29) is 11.8 Å². The van der Waals surface area contributed by atoms with Crippen LogP contribution < -0.4 is 16.0 Å². The van der Waals surface area contributed by atoms with Crippen molar-refractivity contribution in [3.8, 4) is 0 Å². The number of para-hydroxylation sites is 1. The van der Waals surface area contributed by atoms with Gasteiger partial charge in [-0.1, -0.05) is 36.4 Å². The number of H-pyrrole nitrogens is 1. The lowest BCUT2D eigenvalue weighted by atomic mass is 10.0. The van der Waals surface area contributed by atoms with Gasteiger partial charge in [-0.15, -0.1) is 0 Å². The number of hydrogen-bond acceptors (Lipinski definition) is 3. The molecule has 0 spiro atoms. The summed E-state index contributed by atoms with van der Waals surface area (Å²) in [6.45, 7) is 0. The molecule has 2 heterocycles. The quantitative estimate of drug-likeness (QED) is 0.322. The summed E-state index contributed by atoms with van der Waals surface area (Å²) in [6, 6.07) is 26.1. The number of carbonyl (C=O) groups is 2. The maximum absolute atomic E-state index is 12.6. The van der Waals surface area contributed by atoms with E-state index in [0.717, 1.165) is 28.3 Å². The third-order valence-corrected chi connectivity index (χ3v) is 5.20. The second-order valence-corrected chi connectivity index (χ2v) is 7.39.